The number of carbonyl (C=O) groups excluding carboxylic acids is 1. The molecule has 0 radical (unpaired) electrons. The van der Waals surface area contributed by atoms with Crippen molar-refractivity contribution in [1.29, 1.82) is 0 Å². The summed E-state index contributed by atoms with van der Waals surface area (Å²) in [7, 11) is 0. The van der Waals surface area contributed by atoms with Crippen LogP contribution in [0.4, 0.5) is 0 Å². The second kappa shape index (κ2) is 3.69. The number of rotatable bonds is 3. The molecule has 0 aromatic rings. The van der Waals surface area contributed by atoms with Crippen molar-refractivity contribution in [2.75, 3.05) is 0 Å². The van der Waals surface area contributed by atoms with Gasteiger partial charge in [-0.3, -0.25) is 4.79 Å². The molecule has 0 aliphatic rings. The fourth-order valence-corrected chi connectivity index (χ4v) is 0.596. The first-order chi connectivity index (χ1) is 4.04. The van der Waals surface area contributed by atoms with E-state index in [2.05, 4.69) is 12.2 Å². The predicted octanol–water partition coefficient (Wildman–Crippen LogP) is 0.716. The Labute approximate surface area is 59.9 Å². The summed E-state index contributed by atoms with van der Waals surface area (Å²) in [4.78, 5) is 10.8. The van der Waals surface area contributed by atoms with Crippen molar-refractivity contribution >= 4 is 22.9 Å². The van der Waals surface area contributed by atoms with Gasteiger partial charge < -0.3 is 5.11 Å². The molecule has 52 valence electrons. The molecule has 0 bridgehead atoms. The zero-order valence-electron chi connectivity index (χ0n) is 5.55. The van der Waals surface area contributed by atoms with Crippen molar-refractivity contribution in [3.8, 4) is 0 Å². The van der Waals surface area contributed by atoms with Crippen LogP contribution in [0.25, 0.3) is 0 Å². The van der Waals surface area contributed by atoms with Crippen molar-refractivity contribution in [2.45, 2.75) is 26.4 Å². The molecule has 0 aliphatic carbocycles. The molecule has 0 aliphatic heterocycles. The number of carbonyl (C=O) groups is 1. The minimum absolute atomic E-state index is 0.000833. The number of Topliss-reactive ketones (excluding diaryl/α,β-unsaturated/α-hetero) is 1. The van der Waals surface area contributed by atoms with Gasteiger partial charge in [0.1, 0.15) is 5.78 Å². The molecule has 0 amide bonds. The van der Waals surface area contributed by atoms with Crippen LogP contribution >= 0.6 is 12.2 Å². The number of ketones is 1. The monoisotopic (exact) mass is 146 g/mol. The first-order valence-corrected chi connectivity index (χ1v) is 3.15. The highest BCUT2D eigenvalue weighted by atomic mass is 32.1. The molecular weight excluding hydrogens is 136 g/mol. The Morgan fingerprint density at radius 2 is 2.22 bits per heavy atom. The van der Waals surface area contributed by atoms with Gasteiger partial charge in [-0.05, 0) is 13.8 Å². The minimum atomic E-state index is -0.635. The lowest BCUT2D eigenvalue weighted by molar-refractivity contribution is -0.115. The normalized spacial score (nSPS) is 12.8. The van der Waals surface area contributed by atoms with Crippen molar-refractivity contribution in [3.05, 3.63) is 0 Å². The van der Waals surface area contributed by atoms with Crippen LogP contribution in [-0.4, -0.2) is 21.9 Å². The van der Waals surface area contributed by atoms with Crippen LogP contribution in [0.2, 0.25) is 0 Å². The lowest BCUT2D eigenvalue weighted by Gasteiger charge is -2.01. The summed E-state index contributed by atoms with van der Waals surface area (Å²) in [5, 5.41) is 8.78. The van der Waals surface area contributed by atoms with E-state index >= 15 is 0 Å². The lowest BCUT2D eigenvalue weighted by atomic mass is 10.2. The third-order valence-corrected chi connectivity index (χ3v) is 1.37. The molecule has 0 heterocycles. The van der Waals surface area contributed by atoms with Gasteiger partial charge in [-0.1, -0.05) is 12.2 Å². The van der Waals surface area contributed by atoms with Crippen molar-refractivity contribution in [3.63, 3.8) is 0 Å². The average Bonchev–Trinajstić information content (AvgIpc) is 1.63. The highest BCUT2D eigenvalue weighted by Gasteiger charge is 2.05. The van der Waals surface area contributed by atoms with Gasteiger partial charge in [0.05, 0.1) is 6.10 Å². The molecule has 0 aromatic carbocycles. The van der Waals surface area contributed by atoms with E-state index in [0.29, 0.717) is 4.86 Å². The van der Waals surface area contributed by atoms with E-state index < -0.39 is 6.10 Å². The van der Waals surface area contributed by atoms with E-state index in [0.717, 1.165) is 0 Å². The number of aliphatic hydroxyl groups is 1. The maximum atomic E-state index is 10.4. The summed E-state index contributed by atoms with van der Waals surface area (Å²) >= 11 is 4.68. The Kier molecular flexibility index (Phi) is 3.58. The van der Waals surface area contributed by atoms with E-state index in [1.54, 1.807) is 6.92 Å². The summed E-state index contributed by atoms with van der Waals surface area (Å²) in [5.74, 6) is 0.000833. The molecule has 0 saturated carbocycles. The summed E-state index contributed by atoms with van der Waals surface area (Å²) in [6.45, 7) is 3.01. The Morgan fingerprint density at radius 3 is 2.33 bits per heavy atom. The predicted molar refractivity (Wildman–Crippen MR) is 39.6 cm³/mol. The van der Waals surface area contributed by atoms with E-state index in [1.165, 1.54) is 6.92 Å². The van der Waals surface area contributed by atoms with Gasteiger partial charge >= 0.3 is 0 Å². The molecule has 9 heavy (non-hydrogen) atoms. The number of aliphatic hydroxyl groups excluding tert-OH is 1. The van der Waals surface area contributed by atoms with Gasteiger partial charge in [-0.2, -0.15) is 0 Å². The third kappa shape index (κ3) is 4.24. The third-order valence-electron chi connectivity index (χ3n) is 0.889. The Bertz CT molecular complexity index is 129. The smallest absolute Gasteiger partial charge is 0.134 e. The SMILES string of the molecule is CC(=O)CC(=S)C(C)O. The van der Waals surface area contributed by atoms with E-state index in [9.17, 15) is 4.79 Å². The molecule has 0 aromatic heterocycles. The first kappa shape index (κ1) is 8.72. The largest absolute Gasteiger partial charge is 0.388 e. The number of thiocarbonyl (C=S) groups is 1. The molecule has 3 heteroatoms. The van der Waals surface area contributed by atoms with E-state index in [-0.39, 0.29) is 12.2 Å². The molecule has 1 N–H and O–H groups in total. The summed E-state index contributed by atoms with van der Waals surface area (Å²) in [5.41, 5.74) is 0. The molecular formula is C6H10O2S. The van der Waals surface area contributed by atoms with E-state index in [1.807, 2.05) is 0 Å². The van der Waals surface area contributed by atoms with Crippen LogP contribution in [0.15, 0.2) is 0 Å². The molecule has 1 unspecified atom stereocenters. The Balaban J connectivity index is 3.64. The molecule has 2 nitrogen and oxygen atoms in total. The topological polar surface area (TPSA) is 37.3 Å². The van der Waals surface area contributed by atoms with Gasteiger partial charge in [-0.25, -0.2) is 0 Å². The van der Waals surface area contributed by atoms with Gasteiger partial charge in [0.15, 0.2) is 0 Å². The maximum absolute atomic E-state index is 10.4. The van der Waals surface area contributed by atoms with Gasteiger partial charge in [-0.15, -0.1) is 0 Å². The average molecular weight is 146 g/mol. The zero-order chi connectivity index (χ0) is 7.44. The molecule has 0 rings (SSSR count). The molecule has 0 spiro atoms. The first-order valence-electron chi connectivity index (χ1n) is 2.74. The summed E-state index contributed by atoms with van der Waals surface area (Å²) in [6.07, 6.45) is -0.420. The number of hydrogen-bond acceptors (Lipinski definition) is 3. The summed E-state index contributed by atoms with van der Waals surface area (Å²) < 4.78 is 0. The Morgan fingerprint density at radius 1 is 1.78 bits per heavy atom. The fourth-order valence-electron chi connectivity index (χ4n) is 0.393. The Hall–Kier alpha value is -0.280. The van der Waals surface area contributed by atoms with Crippen molar-refractivity contribution < 1.29 is 9.90 Å². The second-order valence-corrected chi connectivity index (χ2v) is 2.55. The van der Waals surface area contributed by atoms with Crippen LogP contribution in [0.3, 0.4) is 0 Å². The summed E-state index contributed by atoms with van der Waals surface area (Å²) in [6, 6.07) is 0. The standard InChI is InChI=1S/C6H10O2S/c1-4(7)3-6(9)5(2)8/h5,8H,3H2,1-2H3. The van der Waals surface area contributed by atoms with Crippen LogP contribution in [0, 0.1) is 0 Å². The second-order valence-electron chi connectivity index (χ2n) is 2.02. The fraction of sp³-hybridized carbons (Fsp3) is 0.667. The van der Waals surface area contributed by atoms with Gasteiger partial charge in [0.2, 0.25) is 0 Å². The molecule has 1 atom stereocenters. The van der Waals surface area contributed by atoms with Crippen LogP contribution in [-0.2, 0) is 4.79 Å². The molecule has 0 saturated heterocycles. The van der Waals surface area contributed by atoms with Crippen molar-refractivity contribution in [1.82, 2.24) is 0 Å². The highest BCUT2D eigenvalue weighted by Crippen LogP contribution is 1.93. The highest BCUT2D eigenvalue weighted by molar-refractivity contribution is 7.80. The van der Waals surface area contributed by atoms with Crippen LogP contribution in [0.1, 0.15) is 20.3 Å². The minimum Gasteiger partial charge on any atom is -0.388 e. The molecule has 0 fully saturated rings. The van der Waals surface area contributed by atoms with E-state index in [4.69, 9.17) is 5.11 Å². The lowest BCUT2D eigenvalue weighted by Crippen LogP contribution is -2.16. The van der Waals surface area contributed by atoms with Crippen LogP contribution < -0.4 is 0 Å². The van der Waals surface area contributed by atoms with Crippen molar-refractivity contribution in [2.24, 2.45) is 0 Å². The maximum Gasteiger partial charge on any atom is 0.134 e. The van der Waals surface area contributed by atoms with Gasteiger partial charge in [0, 0.05) is 11.3 Å². The van der Waals surface area contributed by atoms with Crippen LogP contribution in [0.5, 0.6) is 0 Å². The number of hydrogen-bond donors (Lipinski definition) is 1. The van der Waals surface area contributed by atoms with Gasteiger partial charge in [0.25, 0.3) is 0 Å². The quantitative estimate of drug-likeness (QED) is 0.596. The zero-order valence-corrected chi connectivity index (χ0v) is 6.36.